The van der Waals surface area contributed by atoms with Gasteiger partial charge in [-0.25, -0.2) is 4.98 Å². The molecule has 0 fully saturated rings. The van der Waals surface area contributed by atoms with Crippen LogP contribution < -0.4 is 10.1 Å². The van der Waals surface area contributed by atoms with Crippen LogP contribution in [0.25, 0.3) is 10.6 Å². The number of nitrogens with one attached hydrogen (secondary N) is 1. The lowest BCUT2D eigenvalue weighted by Gasteiger charge is -2.04. The third-order valence-electron chi connectivity index (χ3n) is 3.02. The number of carbonyl (C=O) groups is 1. The number of nitrogens with zero attached hydrogens (tertiary/aromatic N) is 1. The zero-order valence-electron chi connectivity index (χ0n) is 11.9. The van der Waals surface area contributed by atoms with Crippen molar-refractivity contribution in [3.05, 3.63) is 52.7 Å². The van der Waals surface area contributed by atoms with Crippen molar-refractivity contribution < 1.29 is 9.53 Å². The Labute approximate surface area is 136 Å². The van der Waals surface area contributed by atoms with Crippen LogP contribution in [0, 0.1) is 0 Å². The van der Waals surface area contributed by atoms with E-state index >= 15 is 0 Å². The summed E-state index contributed by atoms with van der Waals surface area (Å²) >= 11 is 3.07. The molecule has 0 bridgehead atoms. The molecule has 0 saturated carbocycles. The molecule has 1 amide bonds. The van der Waals surface area contributed by atoms with E-state index in [-0.39, 0.29) is 5.91 Å². The van der Waals surface area contributed by atoms with Crippen molar-refractivity contribution in [2.75, 3.05) is 12.4 Å². The van der Waals surface area contributed by atoms with Gasteiger partial charge >= 0.3 is 0 Å². The maximum Gasteiger partial charge on any atom is 0.230 e. The number of anilines is 1. The predicted octanol–water partition coefficient (Wildman–Crippen LogP) is 4.06. The SMILES string of the molecule is COc1cccc(CC(=O)Nc2nc(-c3cccs3)cs2)c1. The molecule has 0 saturated heterocycles. The van der Waals surface area contributed by atoms with Gasteiger partial charge in [0, 0.05) is 5.38 Å². The molecule has 0 radical (unpaired) electrons. The fourth-order valence-electron chi connectivity index (χ4n) is 2.00. The summed E-state index contributed by atoms with van der Waals surface area (Å²) in [4.78, 5) is 17.6. The Hall–Kier alpha value is -2.18. The minimum absolute atomic E-state index is 0.0830. The van der Waals surface area contributed by atoms with Gasteiger partial charge in [-0.15, -0.1) is 22.7 Å². The van der Waals surface area contributed by atoms with Gasteiger partial charge in [-0.2, -0.15) is 0 Å². The summed E-state index contributed by atoms with van der Waals surface area (Å²) in [5.41, 5.74) is 1.81. The molecule has 2 aromatic heterocycles. The van der Waals surface area contributed by atoms with Gasteiger partial charge in [0.2, 0.25) is 5.91 Å². The van der Waals surface area contributed by atoms with Gasteiger partial charge < -0.3 is 10.1 Å². The van der Waals surface area contributed by atoms with Crippen molar-refractivity contribution in [3.8, 4) is 16.3 Å². The molecular weight excluding hydrogens is 316 g/mol. The molecule has 6 heteroatoms. The predicted molar refractivity (Wildman–Crippen MR) is 90.8 cm³/mol. The van der Waals surface area contributed by atoms with Gasteiger partial charge in [-0.05, 0) is 29.1 Å². The number of hydrogen-bond donors (Lipinski definition) is 1. The van der Waals surface area contributed by atoms with E-state index in [0.29, 0.717) is 11.6 Å². The van der Waals surface area contributed by atoms with Crippen LogP contribution in [0.3, 0.4) is 0 Å². The number of ether oxygens (including phenoxy) is 1. The number of rotatable bonds is 5. The highest BCUT2D eigenvalue weighted by Crippen LogP contribution is 2.28. The minimum Gasteiger partial charge on any atom is -0.497 e. The molecule has 0 aliphatic heterocycles. The van der Waals surface area contributed by atoms with E-state index in [1.165, 1.54) is 11.3 Å². The second-order valence-electron chi connectivity index (χ2n) is 4.59. The number of hydrogen-bond acceptors (Lipinski definition) is 5. The smallest absolute Gasteiger partial charge is 0.230 e. The van der Waals surface area contributed by atoms with Crippen molar-refractivity contribution in [2.45, 2.75) is 6.42 Å². The quantitative estimate of drug-likeness (QED) is 0.767. The van der Waals surface area contributed by atoms with Crippen LogP contribution >= 0.6 is 22.7 Å². The summed E-state index contributed by atoms with van der Waals surface area (Å²) < 4.78 is 5.16. The van der Waals surface area contributed by atoms with E-state index in [0.717, 1.165) is 21.9 Å². The van der Waals surface area contributed by atoms with Crippen molar-refractivity contribution in [2.24, 2.45) is 0 Å². The number of aromatic nitrogens is 1. The third kappa shape index (κ3) is 3.52. The number of carbonyl (C=O) groups excluding carboxylic acids is 1. The Morgan fingerprint density at radius 1 is 1.27 bits per heavy atom. The Morgan fingerprint density at radius 3 is 2.95 bits per heavy atom. The monoisotopic (exact) mass is 330 g/mol. The van der Waals surface area contributed by atoms with Crippen molar-refractivity contribution in [1.29, 1.82) is 0 Å². The summed E-state index contributed by atoms with van der Waals surface area (Å²) in [6.45, 7) is 0. The first kappa shape index (κ1) is 14.7. The molecule has 0 aliphatic carbocycles. The molecule has 0 atom stereocenters. The average Bonchev–Trinajstić information content (AvgIpc) is 3.18. The van der Waals surface area contributed by atoms with Gasteiger partial charge in [-0.1, -0.05) is 18.2 Å². The first-order valence-corrected chi connectivity index (χ1v) is 8.43. The Morgan fingerprint density at radius 2 is 2.18 bits per heavy atom. The topological polar surface area (TPSA) is 51.2 Å². The maximum atomic E-state index is 12.1. The van der Waals surface area contributed by atoms with Crippen LogP contribution in [-0.2, 0) is 11.2 Å². The maximum absolute atomic E-state index is 12.1. The Bertz CT molecular complexity index is 766. The summed E-state index contributed by atoms with van der Waals surface area (Å²) in [5.74, 6) is 0.667. The lowest BCUT2D eigenvalue weighted by molar-refractivity contribution is -0.115. The standard InChI is InChI=1S/C16H14N2O2S2/c1-20-12-5-2-4-11(8-12)9-15(19)18-16-17-13(10-22-16)14-6-3-7-21-14/h2-8,10H,9H2,1H3,(H,17,18,19). The highest BCUT2D eigenvalue weighted by molar-refractivity contribution is 7.16. The van der Waals surface area contributed by atoms with Crippen LogP contribution in [0.5, 0.6) is 5.75 Å². The lowest BCUT2D eigenvalue weighted by Crippen LogP contribution is -2.14. The first-order valence-electron chi connectivity index (χ1n) is 6.67. The van der Waals surface area contributed by atoms with Crippen LogP contribution in [0.1, 0.15) is 5.56 Å². The molecule has 112 valence electrons. The molecule has 0 spiro atoms. The van der Waals surface area contributed by atoms with Gasteiger partial charge in [0.05, 0.1) is 24.1 Å². The van der Waals surface area contributed by atoms with Gasteiger partial charge in [0.25, 0.3) is 0 Å². The summed E-state index contributed by atoms with van der Waals surface area (Å²) in [5, 5.41) is 7.43. The molecule has 4 nitrogen and oxygen atoms in total. The van der Waals surface area contributed by atoms with Crippen molar-refractivity contribution in [1.82, 2.24) is 4.98 Å². The fourth-order valence-corrected chi connectivity index (χ4v) is 3.49. The summed E-state index contributed by atoms with van der Waals surface area (Å²) in [6.07, 6.45) is 0.297. The Balaban J connectivity index is 1.64. The third-order valence-corrected chi connectivity index (χ3v) is 4.67. The number of amides is 1. The highest BCUT2D eigenvalue weighted by atomic mass is 32.1. The molecular formula is C16H14N2O2S2. The molecule has 1 N–H and O–H groups in total. The number of thiophene rings is 1. The van der Waals surface area contributed by atoms with Crippen LogP contribution in [0.15, 0.2) is 47.2 Å². The molecule has 1 aromatic carbocycles. The normalized spacial score (nSPS) is 10.4. The zero-order valence-corrected chi connectivity index (χ0v) is 13.5. The van der Waals surface area contributed by atoms with Crippen molar-refractivity contribution >= 4 is 33.7 Å². The number of benzene rings is 1. The minimum atomic E-state index is -0.0830. The van der Waals surface area contributed by atoms with E-state index in [9.17, 15) is 4.79 Å². The molecule has 2 heterocycles. The lowest BCUT2D eigenvalue weighted by atomic mass is 10.1. The van der Waals surface area contributed by atoms with E-state index < -0.39 is 0 Å². The van der Waals surface area contributed by atoms with E-state index in [1.54, 1.807) is 18.4 Å². The zero-order chi connectivity index (χ0) is 15.4. The highest BCUT2D eigenvalue weighted by Gasteiger charge is 2.09. The fraction of sp³-hybridized carbons (Fsp3) is 0.125. The van der Waals surface area contributed by atoms with Crippen LogP contribution in [0.4, 0.5) is 5.13 Å². The van der Waals surface area contributed by atoms with Crippen LogP contribution in [0.2, 0.25) is 0 Å². The van der Waals surface area contributed by atoms with E-state index in [2.05, 4.69) is 10.3 Å². The van der Waals surface area contributed by atoms with Crippen LogP contribution in [-0.4, -0.2) is 18.0 Å². The second kappa shape index (κ2) is 6.72. The first-order chi connectivity index (χ1) is 10.7. The summed E-state index contributed by atoms with van der Waals surface area (Å²) in [6, 6.07) is 11.5. The van der Waals surface area contributed by atoms with E-state index in [4.69, 9.17) is 4.74 Å². The van der Waals surface area contributed by atoms with Gasteiger partial charge in [0.1, 0.15) is 5.75 Å². The van der Waals surface area contributed by atoms with Crippen molar-refractivity contribution in [3.63, 3.8) is 0 Å². The van der Waals surface area contributed by atoms with Gasteiger partial charge in [-0.3, -0.25) is 4.79 Å². The molecule has 3 aromatic rings. The second-order valence-corrected chi connectivity index (χ2v) is 6.40. The Kier molecular flexibility index (Phi) is 4.50. The molecule has 0 unspecified atom stereocenters. The molecule has 0 aliphatic rings. The number of thiazole rings is 1. The summed E-state index contributed by atoms with van der Waals surface area (Å²) in [7, 11) is 1.61. The largest absolute Gasteiger partial charge is 0.497 e. The van der Waals surface area contributed by atoms with Gasteiger partial charge in [0.15, 0.2) is 5.13 Å². The number of methoxy groups -OCH3 is 1. The molecule has 3 rings (SSSR count). The average molecular weight is 330 g/mol. The van der Waals surface area contributed by atoms with E-state index in [1.807, 2.05) is 47.2 Å². The molecule has 22 heavy (non-hydrogen) atoms.